The van der Waals surface area contributed by atoms with E-state index in [-0.39, 0.29) is 5.91 Å². The molecule has 4 nitrogen and oxygen atoms in total. The maximum Gasteiger partial charge on any atom is 0.219 e. The lowest BCUT2D eigenvalue weighted by Gasteiger charge is -2.06. The summed E-state index contributed by atoms with van der Waals surface area (Å²) in [5.41, 5.74) is 0. The zero-order chi connectivity index (χ0) is 16.8. The van der Waals surface area contributed by atoms with Crippen LogP contribution in [-0.2, 0) is 15.6 Å². The molecule has 1 aromatic heterocycles. The fourth-order valence-electron chi connectivity index (χ4n) is 2.37. The van der Waals surface area contributed by atoms with Crippen LogP contribution >= 0.6 is 0 Å². The minimum atomic E-state index is -1.00. The van der Waals surface area contributed by atoms with Crippen LogP contribution in [0.15, 0.2) is 29.4 Å². The monoisotopic (exact) mass is 338 g/mol. The number of nitrogens with one attached hydrogen (secondary N) is 1. The second-order valence-electron chi connectivity index (χ2n) is 5.81. The van der Waals surface area contributed by atoms with Gasteiger partial charge in [-0.2, -0.15) is 0 Å². The third-order valence-corrected chi connectivity index (χ3v) is 5.21. The van der Waals surface area contributed by atoms with Gasteiger partial charge in [0, 0.05) is 36.0 Å². The lowest BCUT2D eigenvalue weighted by molar-refractivity contribution is -0.121. The second kappa shape index (κ2) is 13.2. The minimum absolute atomic E-state index is 0.119. The SMILES string of the molecule is CCCCCCCCCC(=O)NCCCS(=O)c1ccncc1. The summed E-state index contributed by atoms with van der Waals surface area (Å²) in [4.78, 5) is 16.4. The van der Waals surface area contributed by atoms with Gasteiger partial charge in [0.15, 0.2) is 0 Å². The fraction of sp³-hybridized carbons (Fsp3) is 0.667. The van der Waals surface area contributed by atoms with Gasteiger partial charge >= 0.3 is 0 Å². The third-order valence-electron chi connectivity index (χ3n) is 3.75. The normalized spacial score (nSPS) is 12.0. The summed E-state index contributed by atoms with van der Waals surface area (Å²) in [6.45, 7) is 2.82. The van der Waals surface area contributed by atoms with Gasteiger partial charge in [0.05, 0.1) is 10.8 Å². The van der Waals surface area contributed by atoms with Gasteiger partial charge in [0.2, 0.25) is 5.91 Å². The molecule has 0 saturated carbocycles. The van der Waals surface area contributed by atoms with E-state index >= 15 is 0 Å². The van der Waals surface area contributed by atoms with Crippen molar-refractivity contribution in [1.29, 1.82) is 0 Å². The smallest absolute Gasteiger partial charge is 0.219 e. The Balaban J connectivity index is 1.97. The number of amides is 1. The Morgan fingerprint density at radius 1 is 1.04 bits per heavy atom. The van der Waals surface area contributed by atoms with Crippen molar-refractivity contribution in [1.82, 2.24) is 10.3 Å². The van der Waals surface area contributed by atoms with E-state index in [4.69, 9.17) is 0 Å². The number of carbonyl (C=O) groups excluding carboxylic acids is 1. The molecule has 1 atom stereocenters. The molecular formula is C18H30N2O2S. The van der Waals surface area contributed by atoms with Gasteiger partial charge in [0.1, 0.15) is 0 Å². The number of pyridine rings is 1. The zero-order valence-corrected chi connectivity index (χ0v) is 15.1. The Hall–Kier alpha value is -1.23. The number of carbonyl (C=O) groups is 1. The highest BCUT2D eigenvalue weighted by Gasteiger charge is 2.04. The molecular weight excluding hydrogens is 308 g/mol. The highest BCUT2D eigenvalue weighted by molar-refractivity contribution is 7.85. The van der Waals surface area contributed by atoms with Crippen LogP contribution in [-0.4, -0.2) is 27.4 Å². The van der Waals surface area contributed by atoms with Crippen LogP contribution in [0.1, 0.15) is 64.7 Å². The molecule has 0 aromatic carbocycles. The van der Waals surface area contributed by atoms with Crippen LogP contribution in [0.2, 0.25) is 0 Å². The number of hydrogen-bond acceptors (Lipinski definition) is 3. The van der Waals surface area contributed by atoms with Crippen molar-refractivity contribution in [3.8, 4) is 0 Å². The van der Waals surface area contributed by atoms with E-state index < -0.39 is 10.8 Å². The van der Waals surface area contributed by atoms with E-state index in [0.29, 0.717) is 18.7 Å². The standard InChI is InChI=1S/C18H30N2O2S/c1-2-3-4-5-6-7-8-10-18(21)20-13-9-16-23(22)17-11-14-19-15-12-17/h11-12,14-15H,2-10,13,16H2,1H3,(H,20,21). The van der Waals surface area contributed by atoms with Gasteiger partial charge in [-0.05, 0) is 25.0 Å². The molecule has 0 spiro atoms. The largest absolute Gasteiger partial charge is 0.356 e. The van der Waals surface area contributed by atoms with Crippen molar-refractivity contribution in [2.24, 2.45) is 0 Å². The average molecular weight is 339 g/mol. The number of rotatable bonds is 13. The van der Waals surface area contributed by atoms with Crippen molar-refractivity contribution < 1.29 is 9.00 Å². The number of hydrogen-bond donors (Lipinski definition) is 1. The quantitative estimate of drug-likeness (QED) is 0.556. The summed E-state index contributed by atoms with van der Waals surface area (Å²) in [7, 11) is -1.00. The average Bonchev–Trinajstić information content (AvgIpc) is 2.58. The Kier molecular flexibility index (Phi) is 11.4. The molecule has 0 bridgehead atoms. The molecule has 0 fully saturated rings. The van der Waals surface area contributed by atoms with Crippen LogP contribution in [0.5, 0.6) is 0 Å². The maximum atomic E-state index is 12.0. The molecule has 0 saturated heterocycles. The topological polar surface area (TPSA) is 59.1 Å². The summed E-state index contributed by atoms with van der Waals surface area (Å²) in [5, 5.41) is 2.91. The van der Waals surface area contributed by atoms with Gasteiger partial charge in [-0.15, -0.1) is 0 Å². The van der Waals surface area contributed by atoms with E-state index in [1.807, 2.05) is 0 Å². The summed E-state index contributed by atoms with van der Waals surface area (Å²) in [5.74, 6) is 0.690. The summed E-state index contributed by atoms with van der Waals surface area (Å²) in [6, 6.07) is 3.55. The van der Waals surface area contributed by atoms with Gasteiger partial charge in [-0.1, -0.05) is 45.4 Å². The molecule has 1 aromatic rings. The highest BCUT2D eigenvalue weighted by Crippen LogP contribution is 2.08. The van der Waals surface area contributed by atoms with Crippen molar-refractivity contribution in [2.45, 2.75) is 69.6 Å². The molecule has 0 aliphatic carbocycles. The first-order valence-electron chi connectivity index (χ1n) is 8.79. The Morgan fingerprint density at radius 2 is 1.70 bits per heavy atom. The van der Waals surface area contributed by atoms with Gasteiger partial charge < -0.3 is 5.32 Å². The van der Waals surface area contributed by atoms with Crippen molar-refractivity contribution >= 4 is 16.7 Å². The zero-order valence-electron chi connectivity index (χ0n) is 14.3. The molecule has 0 radical (unpaired) electrons. The number of aromatic nitrogens is 1. The van der Waals surface area contributed by atoms with E-state index in [2.05, 4.69) is 17.2 Å². The van der Waals surface area contributed by atoms with Gasteiger partial charge in [0.25, 0.3) is 0 Å². The van der Waals surface area contributed by atoms with Crippen LogP contribution in [0, 0.1) is 0 Å². The predicted molar refractivity (Wildman–Crippen MR) is 95.7 cm³/mol. The van der Waals surface area contributed by atoms with Crippen molar-refractivity contribution in [3.05, 3.63) is 24.5 Å². The molecule has 0 aliphatic heterocycles. The van der Waals surface area contributed by atoms with Crippen molar-refractivity contribution in [3.63, 3.8) is 0 Å². The molecule has 1 heterocycles. The summed E-state index contributed by atoms with van der Waals surface area (Å²) >= 11 is 0. The molecule has 1 rings (SSSR count). The molecule has 0 aliphatic rings. The Morgan fingerprint density at radius 3 is 2.39 bits per heavy atom. The van der Waals surface area contributed by atoms with E-state index in [1.165, 1.54) is 32.1 Å². The van der Waals surface area contributed by atoms with Crippen LogP contribution in [0.3, 0.4) is 0 Å². The maximum absolute atomic E-state index is 12.0. The lowest BCUT2D eigenvalue weighted by Crippen LogP contribution is -2.25. The molecule has 1 unspecified atom stereocenters. The van der Waals surface area contributed by atoms with Crippen LogP contribution < -0.4 is 5.32 Å². The lowest BCUT2D eigenvalue weighted by atomic mass is 10.1. The van der Waals surface area contributed by atoms with Crippen LogP contribution in [0.25, 0.3) is 0 Å². The Bertz CT molecular complexity index is 452. The molecule has 1 amide bonds. The van der Waals surface area contributed by atoms with Crippen LogP contribution in [0.4, 0.5) is 0 Å². The predicted octanol–water partition coefficient (Wildman–Crippen LogP) is 3.84. The van der Waals surface area contributed by atoms with Gasteiger partial charge in [-0.3, -0.25) is 14.0 Å². The number of unbranched alkanes of at least 4 members (excludes halogenated alkanes) is 6. The van der Waals surface area contributed by atoms with E-state index in [1.54, 1.807) is 24.5 Å². The molecule has 23 heavy (non-hydrogen) atoms. The van der Waals surface area contributed by atoms with Gasteiger partial charge in [-0.25, -0.2) is 0 Å². The summed E-state index contributed by atoms with van der Waals surface area (Å²) < 4.78 is 12.0. The highest BCUT2D eigenvalue weighted by atomic mass is 32.2. The first kappa shape index (κ1) is 19.8. The third kappa shape index (κ3) is 10.2. The molecule has 1 N–H and O–H groups in total. The van der Waals surface area contributed by atoms with E-state index in [9.17, 15) is 9.00 Å². The second-order valence-corrected chi connectivity index (χ2v) is 7.38. The number of nitrogens with zero attached hydrogens (tertiary/aromatic N) is 1. The molecule has 5 heteroatoms. The first-order chi connectivity index (χ1) is 11.2. The van der Waals surface area contributed by atoms with E-state index in [0.717, 1.165) is 24.2 Å². The summed E-state index contributed by atoms with van der Waals surface area (Å²) in [6.07, 6.45) is 13.2. The first-order valence-corrected chi connectivity index (χ1v) is 10.1. The molecule has 130 valence electrons. The Labute approximate surface area is 142 Å². The minimum Gasteiger partial charge on any atom is -0.356 e. The van der Waals surface area contributed by atoms with Crippen molar-refractivity contribution in [2.75, 3.05) is 12.3 Å². The fourth-order valence-corrected chi connectivity index (χ4v) is 3.44.